The molecule has 1 saturated carbocycles. The summed E-state index contributed by atoms with van der Waals surface area (Å²) in [6.07, 6.45) is 10.0. The van der Waals surface area contributed by atoms with Gasteiger partial charge < -0.3 is 14.4 Å². The summed E-state index contributed by atoms with van der Waals surface area (Å²) >= 11 is 6.40. The van der Waals surface area contributed by atoms with E-state index in [2.05, 4.69) is 23.8 Å². The average molecular weight is 472 g/mol. The molecule has 0 aliphatic heterocycles. The van der Waals surface area contributed by atoms with E-state index in [1.807, 2.05) is 42.2 Å². The van der Waals surface area contributed by atoms with Crippen molar-refractivity contribution in [2.75, 3.05) is 13.1 Å². The smallest absolute Gasteiger partial charge is 0.242 e. The molecule has 3 rings (SSSR count). The third kappa shape index (κ3) is 7.10. The van der Waals surface area contributed by atoms with Crippen molar-refractivity contribution in [2.24, 2.45) is 0 Å². The summed E-state index contributed by atoms with van der Waals surface area (Å²) in [4.78, 5) is 29.9. The molecule has 33 heavy (non-hydrogen) atoms. The number of hydrogen-bond donors (Lipinski definition) is 0. The summed E-state index contributed by atoms with van der Waals surface area (Å²) in [5.74, 6) is 0.137. The molecule has 0 atom stereocenters. The van der Waals surface area contributed by atoms with Gasteiger partial charge in [0.05, 0.1) is 13.1 Å². The zero-order valence-electron chi connectivity index (χ0n) is 20.1. The quantitative estimate of drug-likeness (QED) is 0.410. The van der Waals surface area contributed by atoms with Crippen LogP contribution < -0.4 is 0 Å². The highest BCUT2D eigenvalue weighted by atomic mass is 35.5. The number of carbonyl (C=O) groups is 2. The van der Waals surface area contributed by atoms with Gasteiger partial charge in [-0.05, 0) is 49.9 Å². The fraction of sp³-hybridized carbons (Fsp3) is 0.556. The maximum absolute atomic E-state index is 13.5. The van der Waals surface area contributed by atoms with Crippen LogP contribution in [0.15, 0.2) is 42.6 Å². The number of carbonyl (C=O) groups excluding carboxylic acids is 2. The molecule has 0 saturated heterocycles. The number of nitrogens with zero attached hydrogens (tertiary/aromatic N) is 3. The molecule has 1 heterocycles. The molecule has 2 amide bonds. The van der Waals surface area contributed by atoms with Crippen LogP contribution in [-0.4, -0.2) is 45.3 Å². The largest absolute Gasteiger partial charge is 0.345 e. The van der Waals surface area contributed by atoms with Crippen LogP contribution in [0.1, 0.15) is 76.5 Å². The van der Waals surface area contributed by atoms with Crippen molar-refractivity contribution in [2.45, 2.75) is 84.3 Å². The van der Waals surface area contributed by atoms with E-state index in [1.54, 1.807) is 4.90 Å². The van der Waals surface area contributed by atoms with E-state index < -0.39 is 0 Å². The molecule has 0 radical (unpaired) electrons. The first-order chi connectivity index (χ1) is 16.0. The summed E-state index contributed by atoms with van der Waals surface area (Å²) < 4.78 is 2.17. The minimum atomic E-state index is 0.0547. The summed E-state index contributed by atoms with van der Waals surface area (Å²) in [5, 5.41) is 0.751. The maximum Gasteiger partial charge on any atom is 0.242 e. The second-order valence-electron chi connectivity index (χ2n) is 9.04. The van der Waals surface area contributed by atoms with Crippen LogP contribution in [0.3, 0.4) is 0 Å². The molecule has 1 aromatic heterocycles. The first kappa shape index (κ1) is 25.4. The monoisotopic (exact) mass is 471 g/mol. The van der Waals surface area contributed by atoms with Crippen molar-refractivity contribution in [3.8, 4) is 0 Å². The van der Waals surface area contributed by atoms with E-state index >= 15 is 0 Å². The van der Waals surface area contributed by atoms with Crippen LogP contribution in [0.2, 0.25) is 5.02 Å². The number of amides is 2. The van der Waals surface area contributed by atoms with Crippen LogP contribution in [0.4, 0.5) is 0 Å². The van der Waals surface area contributed by atoms with Crippen molar-refractivity contribution in [3.63, 3.8) is 0 Å². The topological polar surface area (TPSA) is 45.6 Å². The highest BCUT2D eigenvalue weighted by Crippen LogP contribution is 2.25. The van der Waals surface area contributed by atoms with E-state index in [9.17, 15) is 9.59 Å². The average Bonchev–Trinajstić information content (AvgIpc) is 3.27. The van der Waals surface area contributed by atoms with Gasteiger partial charge in [0.15, 0.2) is 0 Å². The summed E-state index contributed by atoms with van der Waals surface area (Å²) in [7, 11) is 0. The Kier molecular flexibility index (Phi) is 9.86. The standard InChI is InChI=1S/C27H38ClN3O2/c1-3-5-17-26(32)29(4-2)21-27(33)31(23-13-7-6-8-14-23)20-24-15-11-18-30(24)19-22-12-9-10-16-25(22)28/h9-12,15-16,18,23H,3-8,13-14,17,19-21H2,1-2H3. The van der Waals surface area contributed by atoms with E-state index in [1.165, 1.54) is 6.42 Å². The molecule has 2 aromatic rings. The van der Waals surface area contributed by atoms with Crippen LogP contribution in [0.25, 0.3) is 0 Å². The zero-order chi connectivity index (χ0) is 23.6. The Morgan fingerprint density at radius 2 is 1.79 bits per heavy atom. The Morgan fingerprint density at radius 1 is 1.03 bits per heavy atom. The lowest BCUT2D eigenvalue weighted by molar-refractivity contribution is -0.142. The molecule has 1 aliphatic carbocycles. The van der Waals surface area contributed by atoms with Crippen molar-refractivity contribution in [1.82, 2.24) is 14.4 Å². The Morgan fingerprint density at radius 3 is 2.48 bits per heavy atom. The van der Waals surface area contributed by atoms with Gasteiger partial charge in [-0.1, -0.05) is 62.4 Å². The highest BCUT2D eigenvalue weighted by Gasteiger charge is 2.28. The first-order valence-corrected chi connectivity index (χ1v) is 12.9. The normalized spacial score (nSPS) is 14.3. The van der Waals surface area contributed by atoms with Gasteiger partial charge in [-0.2, -0.15) is 0 Å². The number of halogens is 1. The van der Waals surface area contributed by atoms with Gasteiger partial charge >= 0.3 is 0 Å². The minimum Gasteiger partial charge on any atom is -0.345 e. The number of rotatable bonds is 11. The summed E-state index contributed by atoms with van der Waals surface area (Å²) in [5.41, 5.74) is 2.15. The minimum absolute atomic E-state index is 0.0547. The van der Waals surface area contributed by atoms with Crippen molar-refractivity contribution < 1.29 is 9.59 Å². The molecule has 0 N–H and O–H groups in total. The number of likely N-dealkylation sites (N-methyl/N-ethyl adjacent to an activating group) is 1. The second kappa shape index (κ2) is 12.8. The molecule has 0 spiro atoms. The lowest BCUT2D eigenvalue weighted by Gasteiger charge is -2.36. The molecule has 0 unspecified atom stereocenters. The molecular weight excluding hydrogens is 434 g/mol. The number of hydrogen-bond acceptors (Lipinski definition) is 2. The van der Waals surface area contributed by atoms with Gasteiger partial charge in [0.25, 0.3) is 0 Å². The van der Waals surface area contributed by atoms with Gasteiger partial charge in [-0.3, -0.25) is 9.59 Å². The fourth-order valence-corrected chi connectivity index (χ4v) is 4.86. The van der Waals surface area contributed by atoms with Crippen LogP contribution in [-0.2, 0) is 22.7 Å². The predicted octanol–water partition coefficient (Wildman–Crippen LogP) is 5.89. The molecule has 5 nitrogen and oxygen atoms in total. The predicted molar refractivity (Wildman–Crippen MR) is 134 cm³/mol. The van der Waals surface area contributed by atoms with Crippen molar-refractivity contribution in [3.05, 3.63) is 58.9 Å². The van der Waals surface area contributed by atoms with Crippen LogP contribution in [0.5, 0.6) is 0 Å². The molecule has 1 aliphatic rings. The molecule has 0 bridgehead atoms. The van der Waals surface area contributed by atoms with Crippen LogP contribution in [0, 0.1) is 0 Å². The fourth-order valence-electron chi connectivity index (χ4n) is 4.66. The second-order valence-corrected chi connectivity index (χ2v) is 9.45. The van der Waals surface area contributed by atoms with E-state index in [0.717, 1.165) is 54.8 Å². The van der Waals surface area contributed by atoms with Gasteiger partial charge in [-0.15, -0.1) is 0 Å². The molecular formula is C27H38ClN3O2. The van der Waals surface area contributed by atoms with Gasteiger partial charge in [-0.25, -0.2) is 0 Å². The maximum atomic E-state index is 13.5. The molecule has 1 aromatic carbocycles. The number of unbranched alkanes of at least 4 members (excludes halogenated alkanes) is 1. The van der Waals surface area contributed by atoms with E-state index in [0.29, 0.717) is 26.1 Å². The van der Waals surface area contributed by atoms with Gasteiger partial charge in [0, 0.05) is 42.5 Å². The lowest BCUT2D eigenvalue weighted by Crippen LogP contribution is -2.47. The highest BCUT2D eigenvalue weighted by molar-refractivity contribution is 6.31. The zero-order valence-corrected chi connectivity index (χ0v) is 20.9. The Labute approximate surface area is 203 Å². The Bertz CT molecular complexity index is 904. The Balaban J connectivity index is 1.76. The van der Waals surface area contributed by atoms with Crippen molar-refractivity contribution >= 4 is 23.4 Å². The molecule has 180 valence electrons. The Hall–Kier alpha value is -2.27. The first-order valence-electron chi connectivity index (χ1n) is 12.5. The van der Waals surface area contributed by atoms with E-state index in [-0.39, 0.29) is 24.4 Å². The third-order valence-corrected chi connectivity index (χ3v) is 7.06. The van der Waals surface area contributed by atoms with Crippen LogP contribution >= 0.6 is 11.6 Å². The SMILES string of the molecule is CCCCC(=O)N(CC)CC(=O)N(Cc1cccn1Cc1ccccc1Cl)C1CCCCC1. The third-order valence-electron chi connectivity index (χ3n) is 6.69. The summed E-state index contributed by atoms with van der Waals surface area (Å²) in [6.45, 7) is 6.00. The number of aromatic nitrogens is 1. The molecule has 1 fully saturated rings. The van der Waals surface area contributed by atoms with Crippen molar-refractivity contribution in [1.29, 1.82) is 0 Å². The van der Waals surface area contributed by atoms with Gasteiger partial charge in [0.2, 0.25) is 11.8 Å². The molecule has 6 heteroatoms. The van der Waals surface area contributed by atoms with Gasteiger partial charge in [0.1, 0.15) is 0 Å². The van der Waals surface area contributed by atoms with E-state index in [4.69, 9.17) is 11.6 Å². The lowest BCUT2D eigenvalue weighted by atomic mass is 9.94. The number of benzene rings is 1. The summed E-state index contributed by atoms with van der Waals surface area (Å²) in [6, 6.07) is 12.2.